The number of rotatable bonds is 6. The summed E-state index contributed by atoms with van der Waals surface area (Å²) in [5.74, 6) is 1.84. The number of carbonyl (C=O) groups excluding carboxylic acids is 1. The third kappa shape index (κ3) is 3.99. The van der Waals surface area contributed by atoms with E-state index in [0.717, 1.165) is 28.1 Å². The molecule has 0 saturated heterocycles. The standard InChI is InChI=1S/C19H18ClN3O3S/c1-2-23(9-12-3-6-16-17(7-12)26-11-25-16)18(24)10-27-19-21-14-5-4-13(20)8-15(14)22-19/h3-8H,2,9-11H2,1H3,(H,21,22). The maximum absolute atomic E-state index is 12.6. The molecular weight excluding hydrogens is 386 g/mol. The number of hydrogen-bond acceptors (Lipinski definition) is 5. The molecular formula is C19H18ClN3O3S. The van der Waals surface area contributed by atoms with Crippen molar-refractivity contribution in [3.8, 4) is 11.5 Å². The second-order valence-corrected chi connectivity index (χ2v) is 7.49. The Morgan fingerprint density at radius 1 is 1.26 bits per heavy atom. The quantitative estimate of drug-likeness (QED) is 0.628. The van der Waals surface area contributed by atoms with Crippen LogP contribution in [0.15, 0.2) is 41.6 Å². The van der Waals surface area contributed by atoms with Crippen molar-refractivity contribution in [1.82, 2.24) is 14.9 Å². The molecule has 0 saturated carbocycles. The van der Waals surface area contributed by atoms with Crippen LogP contribution in [-0.4, -0.2) is 39.9 Å². The molecule has 0 spiro atoms. The molecule has 0 fully saturated rings. The first-order valence-corrected chi connectivity index (χ1v) is 9.93. The minimum atomic E-state index is 0.0543. The van der Waals surface area contributed by atoms with Gasteiger partial charge in [-0.25, -0.2) is 4.98 Å². The van der Waals surface area contributed by atoms with Crippen molar-refractivity contribution >= 4 is 40.3 Å². The summed E-state index contributed by atoms with van der Waals surface area (Å²) in [5.41, 5.74) is 2.71. The third-order valence-electron chi connectivity index (χ3n) is 4.30. The summed E-state index contributed by atoms with van der Waals surface area (Å²) in [6.07, 6.45) is 0. The fourth-order valence-corrected chi connectivity index (χ4v) is 3.84. The van der Waals surface area contributed by atoms with Gasteiger partial charge in [0.2, 0.25) is 12.7 Å². The van der Waals surface area contributed by atoms with E-state index < -0.39 is 0 Å². The molecule has 1 aliphatic rings. The lowest BCUT2D eigenvalue weighted by atomic mass is 10.2. The molecule has 0 aliphatic carbocycles. The van der Waals surface area contributed by atoms with Gasteiger partial charge in [0.15, 0.2) is 16.7 Å². The molecule has 2 aromatic carbocycles. The molecule has 8 heteroatoms. The fraction of sp³-hybridized carbons (Fsp3) is 0.263. The summed E-state index contributed by atoms with van der Waals surface area (Å²) < 4.78 is 10.7. The summed E-state index contributed by atoms with van der Waals surface area (Å²) in [5, 5.41) is 1.36. The SMILES string of the molecule is CCN(Cc1ccc2c(c1)OCO2)C(=O)CSc1nc2ccc(Cl)cc2[nH]1. The summed E-state index contributed by atoms with van der Waals surface area (Å²) in [4.78, 5) is 22.1. The number of thioether (sulfide) groups is 1. The first kappa shape index (κ1) is 18.0. The average molecular weight is 404 g/mol. The molecule has 1 amide bonds. The second kappa shape index (κ2) is 7.70. The van der Waals surface area contributed by atoms with E-state index in [1.54, 1.807) is 6.07 Å². The van der Waals surface area contributed by atoms with Gasteiger partial charge in [-0.3, -0.25) is 4.79 Å². The van der Waals surface area contributed by atoms with Gasteiger partial charge in [0.05, 0.1) is 16.8 Å². The highest BCUT2D eigenvalue weighted by molar-refractivity contribution is 7.99. The van der Waals surface area contributed by atoms with Crippen LogP contribution in [0.1, 0.15) is 12.5 Å². The zero-order valence-electron chi connectivity index (χ0n) is 14.7. The number of fused-ring (bicyclic) bond motifs is 2. The number of imidazole rings is 1. The smallest absolute Gasteiger partial charge is 0.233 e. The van der Waals surface area contributed by atoms with Crippen molar-refractivity contribution in [2.45, 2.75) is 18.6 Å². The number of ether oxygens (including phenoxy) is 2. The van der Waals surface area contributed by atoms with Gasteiger partial charge >= 0.3 is 0 Å². The van der Waals surface area contributed by atoms with Crippen molar-refractivity contribution in [2.24, 2.45) is 0 Å². The predicted molar refractivity (Wildman–Crippen MR) is 105 cm³/mol. The van der Waals surface area contributed by atoms with Crippen LogP contribution in [0.25, 0.3) is 11.0 Å². The van der Waals surface area contributed by atoms with Crippen molar-refractivity contribution in [2.75, 3.05) is 19.1 Å². The third-order valence-corrected chi connectivity index (χ3v) is 5.39. The van der Waals surface area contributed by atoms with E-state index in [1.165, 1.54) is 11.8 Å². The maximum Gasteiger partial charge on any atom is 0.233 e. The lowest BCUT2D eigenvalue weighted by molar-refractivity contribution is -0.128. The number of nitrogens with one attached hydrogen (secondary N) is 1. The van der Waals surface area contributed by atoms with E-state index in [-0.39, 0.29) is 12.7 Å². The average Bonchev–Trinajstić information content (AvgIpc) is 3.29. The van der Waals surface area contributed by atoms with Gasteiger partial charge in [-0.1, -0.05) is 29.4 Å². The Morgan fingerprint density at radius 3 is 2.96 bits per heavy atom. The largest absolute Gasteiger partial charge is 0.454 e. The van der Waals surface area contributed by atoms with Crippen LogP contribution >= 0.6 is 23.4 Å². The molecule has 0 atom stereocenters. The van der Waals surface area contributed by atoms with Gasteiger partial charge in [0, 0.05) is 18.1 Å². The Balaban J connectivity index is 1.39. The number of halogens is 1. The molecule has 27 heavy (non-hydrogen) atoms. The van der Waals surface area contributed by atoms with Crippen LogP contribution in [0.5, 0.6) is 11.5 Å². The molecule has 2 heterocycles. The van der Waals surface area contributed by atoms with Crippen molar-refractivity contribution < 1.29 is 14.3 Å². The monoisotopic (exact) mass is 403 g/mol. The Kier molecular flexibility index (Phi) is 5.13. The molecule has 0 bridgehead atoms. The predicted octanol–water partition coefficient (Wildman–Crippen LogP) is 4.09. The lowest BCUT2D eigenvalue weighted by Crippen LogP contribution is -2.31. The van der Waals surface area contributed by atoms with Gasteiger partial charge in [-0.2, -0.15) is 0 Å². The molecule has 1 N–H and O–H groups in total. The van der Waals surface area contributed by atoms with Crippen molar-refractivity contribution in [1.29, 1.82) is 0 Å². The highest BCUT2D eigenvalue weighted by atomic mass is 35.5. The van der Waals surface area contributed by atoms with E-state index in [4.69, 9.17) is 21.1 Å². The Hall–Kier alpha value is -2.38. The molecule has 0 radical (unpaired) electrons. The first-order chi connectivity index (χ1) is 13.1. The summed E-state index contributed by atoms with van der Waals surface area (Å²) in [7, 11) is 0. The summed E-state index contributed by atoms with van der Waals surface area (Å²) in [6.45, 7) is 3.37. The van der Waals surface area contributed by atoms with E-state index in [9.17, 15) is 4.79 Å². The van der Waals surface area contributed by atoms with Crippen LogP contribution in [0.2, 0.25) is 5.02 Å². The number of H-pyrrole nitrogens is 1. The Bertz CT molecular complexity index is 991. The van der Waals surface area contributed by atoms with Gasteiger partial charge in [-0.15, -0.1) is 0 Å². The Labute approximate surface area is 165 Å². The van der Waals surface area contributed by atoms with E-state index >= 15 is 0 Å². The van der Waals surface area contributed by atoms with Crippen LogP contribution in [0.3, 0.4) is 0 Å². The first-order valence-electron chi connectivity index (χ1n) is 8.57. The van der Waals surface area contributed by atoms with Crippen LogP contribution in [0, 0.1) is 0 Å². The number of nitrogens with zero attached hydrogens (tertiary/aromatic N) is 2. The number of amides is 1. The summed E-state index contributed by atoms with van der Waals surface area (Å²) in [6, 6.07) is 11.2. The lowest BCUT2D eigenvalue weighted by Gasteiger charge is -2.20. The number of aromatic amines is 1. The highest BCUT2D eigenvalue weighted by Crippen LogP contribution is 2.33. The molecule has 0 unspecified atom stereocenters. The molecule has 140 valence electrons. The fourth-order valence-electron chi connectivity index (χ4n) is 2.88. The number of benzene rings is 2. The molecule has 1 aliphatic heterocycles. The van der Waals surface area contributed by atoms with Gasteiger partial charge < -0.3 is 19.4 Å². The zero-order chi connectivity index (χ0) is 18.8. The second-order valence-electron chi connectivity index (χ2n) is 6.09. The Morgan fingerprint density at radius 2 is 2.11 bits per heavy atom. The van der Waals surface area contributed by atoms with E-state index in [1.807, 2.05) is 42.2 Å². The van der Waals surface area contributed by atoms with Crippen molar-refractivity contribution in [3.05, 3.63) is 47.0 Å². The van der Waals surface area contributed by atoms with Gasteiger partial charge in [0.1, 0.15) is 0 Å². The summed E-state index contributed by atoms with van der Waals surface area (Å²) >= 11 is 7.38. The molecule has 6 nitrogen and oxygen atoms in total. The van der Waals surface area contributed by atoms with Crippen LogP contribution in [-0.2, 0) is 11.3 Å². The topological polar surface area (TPSA) is 67.5 Å². The zero-order valence-corrected chi connectivity index (χ0v) is 16.3. The maximum atomic E-state index is 12.6. The number of hydrogen-bond donors (Lipinski definition) is 1. The number of carbonyl (C=O) groups is 1. The van der Waals surface area contributed by atoms with Gasteiger partial charge in [-0.05, 0) is 42.8 Å². The van der Waals surface area contributed by atoms with Crippen LogP contribution < -0.4 is 9.47 Å². The minimum absolute atomic E-state index is 0.0543. The molecule has 4 rings (SSSR count). The van der Waals surface area contributed by atoms with Crippen LogP contribution in [0.4, 0.5) is 0 Å². The normalized spacial score (nSPS) is 12.5. The van der Waals surface area contributed by atoms with Crippen molar-refractivity contribution in [3.63, 3.8) is 0 Å². The van der Waals surface area contributed by atoms with E-state index in [0.29, 0.717) is 29.0 Å². The van der Waals surface area contributed by atoms with Gasteiger partial charge in [0.25, 0.3) is 0 Å². The van der Waals surface area contributed by atoms with E-state index in [2.05, 4.69) is 9.97 Å². The minimum Gasteiger partial charge on any atom is -0.454 e. The highest BCUT2D eigenvalue weighted by Gasteiger charge is 2.17. The number of aromatic nitrogens is 2. The molecule has 3 aromatic rings. The molecule has 1 aromatic heterocycles.